The van der Waals surface area contributed by atoms with Gasteiger partial charge < -0.3 is 15.4 Å². The quantitative estimate of drug-likeness (QED) is 0.719. The van der Waals surface area contributed by atoms with E-state index in [-0.39, 0.29) is 12.1 Å². The van der Waals surface area contributed by atoms with Gasteiger partial charge in [0.15, 0.2) is 6.61 Å². The smallest absolute Gasteiger partial charge is 0.338 e. The summed E-state index contributed by atoms with van der Waals surface area (Å²) in [4.78, 5) is 35.1. The first kappa shape index (κ1) is 18.6. The molecule has 2 aromatic carbocycles. The average Bonchev–Trinajstić information content (AvgIpc) is 2.60. The van der Waals surface area contributed by atoms with Crippen molar-refractivity contribution >= 4 is 39.4 Å². The molecule has 0 fully saturated rings. The fraction of sp³-hybridized carbons (Fsp3) is 0.118. The highest BCUT2D eigenvalue weighted by Gasteiger charge is 2.11. The molecule has 0 spiro atoms. The van der Waals surface area contributed by atoms with Gasteiger partial charge in [-0.15, -0.1) is 0 Å². The Labute approximate surface area is 151 Å². The monoisotopic (exact) mass is 408 g/mol. The largest absolute Gasteiger partial charge is 0.452 e. The molecule has 0 aromatic heterocycles. The fourth-order valence-electron chi connectivity index (χ4n) is 1.79. The van der Waals surface area contributed by atoms with E-state index in [2.05, 4.69) is 26.6 Å². The summed E-state index contributed by atoms with van der Waals surface area (Å²) in [5, 5.41) is 4.95. The van der Waals surface area contributed by atoms with Gasteiger partial charge in [-0.1, -0.05) is 12.1 Å². The number of benzene rings is 2. The van der Waals surface area contributed by atoms with E-state index in [4.69, 9.17) is 4.74 Å². The lowest BCUT2D eigenvalue weighted by Crippen LogP contribution is -2.35. The Balaban J connectivity index is 1.73. The van der Waals surface area contributed by atoms with Gasteiger partial charge in [0.05, 0.1) is 17.8 Å². The third-order valence-electron chi connectivity index (χ3n) is 3.01. The number of halogens is 2. The van der Waals surface area contributed by atoms with Crippen molar-refractivity contribution in [1.29, 1.82) is 0 Å². The lowest BCUT2D eigenvalue weighted by atomic mass is 10.2. The normalized spacial score (nSPS) is 10.0. The third kappa shape index (κ3) is 6.00. The zero-order chi connectivity index (χ0) is 18.2. The number of carbonyl (C=O) groups excluding carboxylic acids is 3. The molecule has 2 amide bonds. The second kappa shape index (κ2) is 8.93. The maximum Gasteiger partial charge on any atom is 0.338 e. The molecule has 130 valence electrons. The molecule has 0 bridgehead atoms. The first-order valence-corrected chi connectivity index (χ1v) is 7.99. The molecule has 25 heavy (non-hydrogen) atoms. The molecule has 0 unspecified atom stereocenters. The lowest BCUT2D eigenvalue weighted by Gasteiger charge is -2.09. The van der Waals surface area contributed by atoms with Crippen LogP contribution in [0.3, 0.4) is 0 Å². The van der Waals surface area contributed by atoms with E-state index in [1.165, 1.54) is 12.1 Å². The van der Waals surface area contributed by atoms with Gasteiger partial charge in [-0.25, -0.2) is 9.18 Å². The number of rotatable bonds is 6. The fourth-order valence-corrected chi connectivity index (χ4v) is 2.17. The van der Waals surface area contributed by atoms with E-state index in [9.17, 15) is 18.8 Å². The third-order valence-corrected chi connectivity index (χ3v) is 3.70. The highest BCUT2D eigenvalue weighted by Crippen LogP contribution is 2.20. The van der Waals surface area contributed by atoms with Crippen molar-refractivity contribution in [3.8, 4) is 0 Å². The number of hydrogen-bond donors (Lipinski definition) is 2. The van der Waals surface area contributed by atoms with Crippen LogP contribution in [0.5, 0.6) is 0 Å². The van der Waals surface area contributed by atoms with Crippen molar-refractivity contribution in [1.82, 2.24) is 5.32 Å². The van der Waals surface area contributed by atoms with Gasteiger partial charge >= 0.3 is 5.97 Å². The molecule has 0 atom stereocenters. The minimum absolute atomic E-state index is 0.126. The molecule has 0 aliphatic heterocycles. The van der Waals surface area contributed by atoms with Crippen molar-refractivity contribution in [2.24, 2.45) is 0 Å². The summed E-state index contributed by atoms with van der Waals surface area (Å²) in [5.41, 5.74) is 0.699. The van der Waals surface area contributed by atoms with Crippen molar-refractivity contribution in [3.63, 3.8) is 0 Å². The van der Waals surface area contributed by atoms with Gasteiger partial charge in [0, 0.05) is 4.47 Å². The predicted octanol–water partition coefficient (Wildman–Crippen LogP) is 2.50. The molecular formula is C17H14BrFN2O4. The Morgan fingerprint density at radius 1 is 1.00 bits per heavy atom. The Morgan fingerprint density at radius 3 is 2.36 bits per heavy atom. The van der Waals surface area contributed by atoms with Gasteiger partial charge in [-0.3, -0.25) is 9.59 Å². The number of nitrogens with one attached hydrogen (secondary N) is 2. The van der Waals surface area contributed by atoms with Gasteiger partial charge in [0.2, 0.25) is 5.91 Å². The Kier molecular flexibility index (Phi) is 6.64. The second-order valence-corrected chi connectivity index (χ2v) is 5.74. The SMILES string of the molecule is O=C(COC(=O)c1ccc(F)cc1)NCC(=O)Nc1ccccc1Br. The molecule has 6 nitrogen and oxygen atoms in total. The van der Waals surface area contributed by atoms with E-state index < -0.39 is 30.2 Å². The Bertz CT molecular complexity index is 780. The maximum absolute atomic E-state index is 12.8. The van der Waals surface area contributed by atoms with Gasteiger partial charge in [0.1, 0.15) is 5.82 Å². The van der Waals surface area contributed by atoms with Crippen LogP contribution in [0.1, 0.15) is 10.4 Å². The summed E-state index contributed by atoms with van der Waals surface area (Å²) in [5.74, 6) is -2.29. The summed E-state index contributed by atoms with van der Waals surface area (Å²) in [6, 6.07) is 11.8. The molecule has 0 saturated heterocycles. The second-order valence-electron chi connectivity index (χ2n) is 4.89. The molecule has 0 heterocycles. The average molecular weight is 409 g/mol. The van der Waals surface area contributed by atoms with Crippen molar-refractivity contribution in [3.05, 3.63) is 64.4 Å². The molecular weight excluding hydrogens is 395 g/mol. The van der Waals surface area contributed by atoms with Crippen LogP contribution >= 0.6 is 15.9 Å². The molecule has 2 rings (SSSR count). The molecule has 2 aromatic rings. The van der Waals surface area contributed by atoms with E-state index in [0.29, 0.717) is 10.2 Å². The van der Waals surface area contributed by atoms with E-state index >= 15 is 0 Å². The van der Waals surface area contributed by atoms with Crippen LogP contribution in [0.25, 0.3) is 0 Å². The van der Waals surface area contributed by atoms with Crippen LogP contribution in [0, 0.1) is 5.82 Å². The number of esters is 1. The molecule has 2 N–H and O–H groups in total. The Morgan fingerprint density at radius 2 is 1.68 bits per heavy atom. The summed E-state index contributed by atoms with van der Waals surface area (Å²) in [7, 11) is 0. The topological polar surface area (TPSA) is 84.5 Å². The standard InChI is InChI=1S/C17H14BrFN2O4/c18-13-3-1-2-4-14(13)21-15(22)9-20-16(23)10-25-17(24)11-5-7-12(19)8-6-11/h1-8H,9-10H2,(H,20,23)(H,21,22). The van der Waals surface area contributed by atoms with Crippen LogP contribution in [-0.4, -0.2) is 30.9 Å². The number of carbonyl (C=O) groups is 3. The zero-order valence-corrected chi connectivity index (χ0v) is 14.5. The minimum atomic E-state index is -0.757. The van der Waals surface area contributed by atoms with Crippen LogP contribution in [0.2, 0.25) is 0 Å². The number of hydrogen-bond acceptors (Lipinski definition) is 4. The lowest BCUT2D eigenvalue weighted by molar-refractivity contribution is -0.126. The van der Waals surface area contributed by atoms with E-state index in [1.54, 1.807) is 24.3 Å². The zero-order valence-electron chi connectivity index (χ0n) is 12.9. The number of amides is 2. The Hall–Kier alpha value is -2.74. The van der Waals surface area contributed by atoms with Crippen molar-refractivity contribution in [2.45, 2.75) is 0 Å². The number of anilines is 1. The number of ether oxygens (including phenoxy) is 1. The molecule has 0 aliphatic rings. The van der Waals surface area contributed by atoms with Crippen molar-refractivity contribution in [2.75, 3.05) is 18.5 Å². The summed E-state index contributed by atoms with van der Waals surface area (Å²) in [6.45, 7) is -0.813. The number of para-hydroxylation sites is 1. The molecule has 0 saturated carbocycles. The van der Waals surface area contributed by atoms with Gasteiger partial charge in [0.25, 0.3) is 5.91 Å². The maximum atomic E-state index is 12.8. The highest BCUT2D eigenvalue weighted by atomic mass is 79.9. The summed E-state index contributed by atoms with van der Waals surface area (Å²) >= 11 is 3.29. The first-order valence-electron chi connectivity index (χ1n) is 7.19. The molecule has 8 heteroatoms. The predicted molar refractivity (Wildman–Crippen MR) is 92.5 cm³/mol. The van der Waals surface area contributed by atoms with Crippen LogP contribution in [-0.2, 0) is 14.3 Å². The summed E-state index contributed by atoms with van der Waals surface area (Å²) < 4.78 is 18.3. The molecule has 0 radical (unpaired) electrons. The van der Waals surface area contributed by atoms with Crippen LogP contribution in [0.4, 0.5) is 10.1 Å². The van der Waals surface area contributed by atoms with Crippen molar-refractivity contribution < 1.29 is 23.5 Å². The first-order chi connectivity index (χ1) is 12.0. The van der Waals surface area contributed by atoms with Gasteiger partial charge in [-0.2, -0.15) is 0 Å². The van der Waals surface area contributed by atoms with Gasteiger partial charge in [-0.05, 0) is 52.3 Å². The molecule has 0 aliphatic carbocycles. The van der Waals surface area contributed by atoms with Crippen LogP contribution in [0.15, 0.2) is 53.0 Å². The van der Waals surface area contributed by atoms with E-state index in [1.807, 2.05) is 0 Å². The minimum Gasteiger partial charge on any atom is -0.452 e. The van der Waals surface area contributed by atoms with E-state index in [0.717, 1.165) is 12.1 Å². The highest BCUT2D eigenvalue weighted by molar-refractivity contribution is 9.10. The van der Waals surface area contributed by atoms with Crippen LogP contribution < -0.4 is 10.6 Å². The summed E-state index contributed by atoms with van der Waals surface area (Å²) in [6.07, 6.45) is 0.